The van der Waals surface area contributed by atoms with E-state index >= 15 is 0 Å². The number of rotatable bonds is 6. The number of aromatic nitrogens is 1. The minimum Gasteiger partial charge on any atom is -0.467 e. The highest BCUT2D eigenvalue weighted by Crippen LogP contribution is 2.19. The number of pyridine rings is 1. The molecule has 3 amide bonds. The molecule has 0 aliphatic carbocycles. The van der Waals surface area contributed by atoms with E-state index in [9.17, 15) is 14.4 Å². The van der Waals surface area contributed by atoms with Crippen LogP contribution in [0.25, 0.3) is 0 Å². The third kappa shape index (κ3) is 5.30. The number of hydrogen-bond donors (Lipinski definition) is 2. The fraction of sp³-hybridized carbons (Fsp3) is 0.333. The van der Waals surface area contributed by atoms with Crippen molar-refractivity contribution in [3.63, 3.8) is 0 Å². The van der Waals surface area contributed by atoms with Crippen LogP contribution in [0.1, 0.15) is 16.1 Å². The van der Waals surface area contributed by atoms with Gasteiger partial charge in [-0.05, 0) is 24.3 Å². The molecule has 1 fully saturated rings. The molecule has 0 radical (unpaired) electrons. The molecule has 148 valence electrons. The number of morpholine rings is 1. The number of carbonyl (C=O) groups is 3. The highest BCUT2D eigenvalue weighted by molar-refractivity contribution is 5.98. The molecule has 0 atom stereocenters. The molecule has 2 aromatic heterocycles. The Labute approximate surface area is 160 Å². The Morgan fingerprint density at radius 2 is 2.00 bits per heavy atom. The molecule has 1 aliphatic heterocycles. The summed E-state index contributed by atoms with van der Waals surface area (Å²) in [6.45, 7) is 1.83. The van der Waals surface area contributed by atoms with Gasteiger partial charge in [-0.2, -0.15) is 0 Å². The van der Waals surface area contributed by atoms with E-state index in [0.29, 0.717) is 37.9 Å². The van der Waals surface area contributed by atoms with E-state index in [-0.39, 0.29) is 12.1 Å². The van der Waals surface area contributed by atoms with Gasteiger partial charge in [-0.1, -0.05) is 0 Å². The molecule has 1 saturated heterocycles. The van der Waals surface area contributed by atoms with E-state index in [0.717, 1.165) is 0 Å². The Kier molecular flexibility index (Phi) is 6.58. The van der Waals surface area contributed by atoms with Crippen molar-refractivity contribution >= 4 is 23.7 Å². The summed E-state index contributed by atoms with van der Waals surface area (Å²) >= 11 is 0. The van der Waals surface area contributed by atoms with Crippen molar-refractivity contribution in [1.82, 2.24) is 15.6 Å². The molecule has 1 aliphatic rings. The summed E-state index contributed by atoms with van der Waals surface area (Å²) in [4.78, 5) is 42.0. The maximum absolute atomic E-state index is 12.4. The van der Waals surface area contributed by atoms with Crippen molar-refractivity contribution in [1.29, 1.82) is 0 Å². The molecule has 10 nitrogen and oxygen atoms in total. The number of nitrogens with one attached hydrogen (secondary N) is 2. The molecule has 10 heteroatoms. The number of carbonyl (C=O) groups excluding carboxylic acids is 3. The van der Waals surface area contributed by atoms with Crippen molar-refractivity contribution in [2.75, 3.05) is 37.8 Å². The molecule has 2 aromatic rings. The zero-order valence-corrected chi connectivity index (χ0v) is 15.1. The number of urea groups is 1. The van der Waals surface area contributed by atoms with E-state index in [1.807, 2.05) is 4.90 Å². The normalized spacial score (nSPS) is 13.6. The molecule has 0 saturated carbocycles. The van der Waals surface area contributed by atoms with E-state index in [4.69, 9.17) is 13.9 Å². The van der Waals surface area contributed by atoms with Gasteiger partial charge in [0.05, 0.1) is 26.0 Å². The number of amides is 3. The Bertz CT molecular complexity index is 817. The Balaban J connectivity index is 1.48. The van der Waals surface area contributed by atoms with Gasteiger partial charge in [-0.15, -0.1) is 0 Å². The molecule has 3 heterocycles. The van der Waals surface area contributed by atoms with Crippen LogP contribution in [0.15, 0.2) is 41.1 Å². The van der Waals surface area contributed by atoms with Gasteiger partial charge < -0.3 is 24.1 Å². The van der Waals surface area contributed by atoms with Crippen LogP contribution in [0, 0.1) is 0 Å². The van der Waals surface area contributed by atoms with Crippen LogP contribution in [0.5, 0.6) is 0 Å². The van der Waals surface area contributed by atoms with E-state index in [1.165, 1.54) is 6.26 Å². The second kappa shape index (κ2) is 9.51. The zero-order chi connectivity index (χ0) is 19.8. The molecule has 0 spiro atoms. The van der Waals surface area contributed by atoms with Crippen LogP contribution >= 0.6 is 0 Å². The molecular weight excluding hydrogens is 368 g/mol. The topological polar surface area (TPSA) is 123 Å². The van der Waals surface area contributed by atoms with Gasteiger partial charge in [-0.25, -0.2) is 14.6 Å². The third-order valence-electron chi connectivity index (χ3n) is 3.91. The lowest BCUT2D eigenvalue weighted by Crippen LogP contribution is -2.41. The largest absolute Gasteiger partial charge is 0.467 e. The number of furan rings is 1. The fourth-order valence-corrected chi connectivity index (χ4v) is 2.58. The van der Waals surface area contributed by atoms with Crippen LogP contribution in [-0.2, 0) is 20.8 Å². The Hall–Kier alpha value is -3.40. The smallest absolute Gasteiger partial charge is 0.342 e. The number of ether oxygens (including phenoxy) is 2. The van der Waals surface area contributed by atoms with Crippen LogP contribution in [-0.4, -0.2) is 55.8 Å². The lowest BCUT2D eigenvalue weighted by atomic mass is 10.2. The van der Waals surface area contributed by atoms with Crippen molar-refractivity contribution in [3.8, 4) is 0 Å². The van der Waals surface area contributed by atoms with E-state index in [1.54, 1.807) is 30.5 Å². The first-order valence-corrected chi connectivity index (χ1v) is 8.68. The van der Waals surface area contributed by atoms with Gasteiger partial charge in [0, 0.05) is 19.3 Å². The molecule has 0 unspecified atom stereocenters. The second-order valence-electron chi connectivity index (χ2n) is 5.86. The van der Waals surface area contributed by atoms with Crippen molar-refractivity contribution < 1.29 is 28.3 Å². The quantitative estimate of drug-likeness (QED) is 0.693. The summed E-state index contributed by atoms with van der Waals surface area (Å²) in [5.41, 5.74) is 0.250. The number of anilines is 1. The molecular formula is C18H20N4O6. The number of imide groups is 1. The van der Waals surface area contributed by atoms with Gasteiger partial charge in [0.1, 0.15) is 17.1 Å². The molecule has 2 N–H and O–H groups in total. The van der Waals surface area contributed by atoms with Crippen LogP contribution in [0.3, 0.4) is 0 Å². The standard InChI is InChI=1S/C18H20N4O6/c23-15(21-18(25)20-11-13-3-2-8-27-13)12-28-17(24)14-4-1-5-19-16(14)22-6-9-26-10-7-22/h1-5,8H,6-7,9-12H2,(H2,20,21,23,25). The Morgan fingerprint density at radius 3 is 2.75 bits per heavy atom. The minimum atomic E-state index is -0.748. The SMILES string of the molecule is O=C(COC(=O)c1cccnc1N1CCOCC1)NC(=O)NCc1ccco1. The lowest BCUT2D eigenvalue weighted by Gasteiger charge is -2.28. The maximum Gasteiger partial charge on any atom is 0.342 e. The molecule has 0 bridgehead atoms. The number of nitrogens with zero attached hydrogens (tertiary/aromatic N) is 2. The van der Waals surface area contributed by atoms with Gasteiger partial charge >= 0.3 is 12.0 Å². The number of hydrogen-bond acceptors (Lipinski definition) is 8. The molecule has 0 aromatic carbocycles. The fourth-order valence-electron chi connectivity index (χ4n) is 2.58. The summed E-state index contributed by atoms with van der Waals surface area (Å²) in [6, 6.07) is 5.84. The average Bonchev–Trinajstić information content (AvgIpc) is 3.25. The first kappa shape index (κ1) is 19.4. The summed E-state index contributed by atoms with van der Waals surface area (Å²) < 4.78 is 15.4. The maximum atomic E-state index is 12.4. The van der Waals surface area contributed by atoms with Crippen molar-refractivity contribution in [2.24, 2.45) is 0 Å². The highest BCUT2D eigenvalue weighted by atomic mass is 16.5. The van der Waals surface area contributed by atoms with Gasteiger partial charge in [0.2, 0.25) is 0 Å². The summed E-state index contributed by atoms with van der Waals surface area (Å²) in [5.74, 6) is -0.420. The highest BCUT2D eigenvalue weighted by Gasteiger charge is 2.21. The first-order valence-electron chi connectivity index (χ1n) is 8.68. The van der Waals surface area contributed by atoms with Crippen LogP contribution in [0.4, 0.5) is 10.6 Å². The van der Waals surface area contributed by atoms with Crippen LogP contribution < -0.4 is 15.5 Å². The summed E-state index contributed by atoms with van der Waals surface area (Å²) in [5, 5.41) is 4.53. The minimum absolute atomic E-state index is 0.129. The number of esters is 1. The van der Waals surface area contributed by atoms with Gasteiger partial charge in [-0.3, -0.25) is 10.1 Å². The molecule has 28 heavy (non-hydrogen) atoms. The summed E-state index contributed by atoms with van der Waals surface area (Å²) in [6.07, 6.45) is 3.06. The zero-order valence-electron chi connectivity index (χ0n) is 15.1. The van der Waals surface area contributed by atoms with E-state index in [2.05, 4.69) is 15.6 Å². The molecule has 3 rings (SSSR count). The van der Waals surface area contributed by atoms with Gasteiger partial charge in [0.25, 0.3) is 5.91 Å². The van der Waals surface area contributed by atoms with Crippen molar-refractivity contribution in [2.45, 2.75) is 6.54 Å². The Morgan fingerprint density at radius 1 is 1.18 bits per heavy atom. The summed E-state index contributed by atoms with van der Waals surface area (Å²) in [7, 11) is 0. The average molecular weight is 388 g/mol. The predicted molar refractivity (Wildman–Crippen MR) is 96.6 cm³/mol. The monoisotopic (exact) mass is 388 g/mol. The van der Waals surface area contributed by atoms with Crippen LogP contribution in [0.2, 0.25) is 0 Å². The van der Waals surface area contributed by atoms with E-state index < -0.39 is 24.5 Å². The second-order valence-corrected chi connectivity index (χ2v) is 5.86. The first-order chi connectivity index (χ1) is 13.6. The predicted octanol–water partition coefficient (Wildman–Crippen LogP) is 0.694. The lowest BCUT2D eigenvalue weighted by molar-refractivity contribution is -0.123. The van der Waals surface area contributed by atoms with Gasteiger partial charge in [0.15, 0.2) is 6.61 Å². The van der Waals surface area contributed by atoms with Crippen molar-refractivity contribution in [3.05, 3.63) is 48.0 Å². The third-order valence-corrected chi connectivity index (χ3v) is 3.91.